The van der Waals surface area contributed by atoms with Crippen molar-refractivity contribution in [3.8, 4) is 0 Å². The second-order valence-electron chi connectivity index (χ2n) is 6.02. The van der Waals surface area contributed by atoms with Crippen LogP contribution in [0.25, 0.3) is 0 Å². The molecule has 0 radical (unpaired) electrons. The largest absolute Gasteiger partial charge is 0.459 e. The number of rotatable bonds is 3. The van der Waals surface area contributed by atoms with Gasteiger partial charge in [-0.05, 0) is 32.1 Å². The van der Waals surface area contributed by atoms with Crippen molar-refractivity contribution in [1.29, 1.82) is 0 Å². The third-order valence-corrected chi connectivity index (χ3v) is 3.79. The van der Waals surface area contributed by atoms with Gasteiger partial charge in [0, 0.05) is 6.42 Å². The summed E-state index contributed by atoms with van der Waals surface area (Å²) in [5, 5.41) is 0. The van der Waals surface area contributed by atoms with E-state index in [9.17, 15) is 9.59 Å². The van der Waals surface area contributed by atoms with Gasteiger partial charge in [-0.1, -0.05) is 24.3 Å². The summed E-state index contributed by atoms with van der Waals surface area (Å²) in [7, 11) is 0. The van der Waals surface area contributed by atoms with E-state index in [4.69, 9.17) is 14.2 Å². The molecular formula is C17H18O5. The molecule has 5 nitrogen and oxygen atoms in total. The normalized spacial score (nSPS) is 29.2. The molecule has 0 spiro atoms. The van der Waals surface area contributed by atoms with E-state index in [1.165, 1.54) is 6.08 Å². The lowest BCUT2D eigenvalue weighted by Crippen LogP contribution is -2.50. The van der Waals surface area contributed by atoms with Crippen molar-refractivity contribution >= 4 is 11.8 Å². The molecular weight excluding hydrogens is 284 g/mol. The minimum absolute atomic E-state index is 0.0229. The average molecular weight is 302 g/mol. The summed E-state index contributed by atoms with van der Waals surface area (Å²) in [4.78, 5) is 24.1. The number of hydrogen-bond acceptors (Lipinski definition) is 5. The van der Waals surface area contributed by atoms with E-state index in [-0.39, 0.29) is 12.4 Å². The zero-order valence-corrected chi connectivity index (χ0v) is 12.6. The second-order valence-corrected chi connectivity index (χ2v) is 6.02. The first kappa shape index (κ1) is 14.9. The fraction of sp³-hybridized carbons (Fsp3) is 0.412. The highest BCUT2D eigenvalue weighted by Gasteiger charge is 2.57. The number of ether oxygens (including phenoxy) is 3. The smallest absolute Gasteiger partial charge is 0.338 e. The summed E-state index contributed by atoms with van der Waals surface area (Å²) < 4.78 is 17.0. The third kappa shape index (κ3) is 2.69. The first-order valence-electron chi connectivity index (χ1n) is 7.22. The Morgan fingerprint density at radius 2 is 2.05 bits per heavy atom. The first-order chi connectivity index (χ1) is 10.4. The highest BCUT2D eigenvalue weighted by Crippen LogP contribution is 2.41. The Morgan fingerprint density at radius 3 is 2.77 bits per heavy atom. The Morgan fingerprint density at radius 1 is 1.32 bits per heavy atom. The van der Waals surface area contributed by atoms with Gasteiger partial charge in [-0.3, -0.25) is 4.79 Å². The topological polar surface area (TPSA) is 61.8 Å². The van der Waals surface area contributed by atoms with Crippen LogP contribution in [0.5, 0.6) is 0 Å². The molecule has 1 aliphatic carbocycles. The molecule has 0 N–H and O–H groups in total. The van der Waals surface area contributed by atoms with Crippen LogP contribution in [0.15, 0.2) is 42.5 Å². The SMILES string of the molecule is CC1(C)O[C@@H]2C(=O)C=CC[C@]2(COC(=O)c2ccccc2)O1. The molecule has 116 valence electrons. The molecule has 0 unspecified atom stereocenters. The summed E-state index contributed by atoms with van der Waals surface area (Å²) >= 11 is 0. The second kappa shape index (κ2) is 5.34. The molecule has 2 aliphatic rings. The molecule has 1 aromatic carbocycles. The van der Waals surface area contributed by atoms with Crippen molar-refractivity contribution in [2.45, 2.75) is 37.8 Å². The Bertz CT molecular complexity index is 619. The minimum Gasteiger partial charge on any atom is -0.459 e. The van der Waals surface area contributed by atoms with Crippen LogP contribution in [0.3, 0.4) is 0 Å². The molecule has 2 atom stereocenters. The molecule has 3 rings (SSSR count). The average Bonchev–Trinajstić information content (AvgIpc) is 2.78. The summed E-state index contributed by atoms with van der Waals surface area (Å²) in [5.74, 6) is -1.48. The molecule has 1 aromatic rings. The van der Waals surface area contributed by atoms with Gasteiger partial charge in [0.15, 0.2) is 17.7 Å². The van der Waals surface area contributed by atoms with Crippen molar-refractivity contribution in [2.24, 2.45) is 0 Å². The van der Waals surface area contributed by atoms with Gasteiger partial charge < -0.3 is 14.2 Å². The van der Waals surface area contributed by atoms with Gasteiger partial charge in [0.2, 0.25) is 0 Å². The lowest BCUT2D eigenvalue weighted by atomic mass is 9.86. The number of fused-ring (bicyclic) bond motifs is 1. The van der Waals surface area contributed by atoms with Gasteiger partial charge in [-0.25, -0.2) is 4.79 Å². The number of benzene rings is 1. The molecule has 0 amide bonds. The fourth-order valence-electron chi connectivity index (χ4n) is 2.90. The summed E-state index contributed by atoms with van der Waals surface area (Å²) in [5.41, 5.74) is -0.480. The van der Waals surface area contributed by atoms with E-state index in [0.29, 0.717) is 12.0 Å². The molecule has 0 aromatic heterocycles. The molecule has 1 fully saturated rings. The maximum Gasteiger partial charge on any atom is 0.338 e. The summed E-state index contributed by atoms with van der Waals surface area (Å²) in [6.45, 7) is 3.48. The zero-order valence-electron chi connectivity index (χ0n) is 12.6. The summed E-state index contributed by atoms with van der Waals surface area (Å²) in [6, 6.07) is 8.72. The van der Waals surface area contributed by atoms with Crippen LogP contribution in [-0.4, -0.2) is 35.9 Å². The lowest BCUT2D eigenvalue weighted by Gasteiger charge is -2.32. The van der Waals surface area contributed by atoms with Crippen molar-refractivity contribution in [1.82, 2.24) is 0 Å². The van der Waals surface area contributed by atoms with Crippen molar-refractivity contribution in [3.63, 3.8) is 0 Å². The standard InChI is InChI=1S/C17H18O5/c1-16(2)21-14-13(18)9-6-10-17(14,22-16)11-20-15(19)12-7-4-3-5-8-12/h3-9,14H,10-11H2,1-2H3/t14-,17-/m1/s1. The highest BCUT2D eigenvalue weighted by molar-refractivity contribution is 5.96. The van der Waals surface area contributed by atoms with Crippen LogP contribution in [0.2, 0.25) is 0 Å². The monoisotopic (exact) mass is 302 g/mol. The van der Waals surface area contributed by atoms with Crippen LogP contribution in [0, 0.1) is 0 Å². The van der Waals surface area contributed by atoms with E-state index in [1.807, 2.05) is 6.07 Å². The number of carbonyl (C=O) groups excluding carboxylic acids is 2. The van der Waals surface area contributed by atoms with Gasteiger partial charge in [-0.2, -0.15) is 0 Å². The Balaban J connectivity index is 1.76. The van der Waals surface area contributed by atoms with E-state index in [1.54, 1.807) is 44.2 Å². The Labute approximate surface area is 128 Å². The maximum absolute atomic E-state index is 12.1. The Hall–Kier alpha value is -1.98. The molecule has 22 heavy (non-hydrogen) atoms. The van der Waals surface area contributed by atoms with E-state index >= 15 is 0 Å². The van der Waals surface area contributed by atoms with Crippen molar-refractivity contribution < 1.29 is 23.8 Å². The number of carbonyl (C=O) groups is 2. The van der Waals surface area contributed by atoms with E-state index < -0.39 is 23.5 Å². The van der Waals surface area contributed by atoms with Crippen LogP contribution in [0.1, 0.15) is 30.6 Å². The van der Waals surface area contributed by atoms with Crippen molar-refractivity contribution in [2.75, 3.05) is 6.61 Å². The van der Waals surface area contributed by atoms with E-state index in [2.05, 4.69) is 0 Å². The zero-order chi connectivity index (χ0) is 15.8. The predicted octanol–water partition coefficient (Wildman–Crippen LogP) is 2.26. The van der Waals surface area contributed by atoms with Gasteiger partial charge in [-0.15, -0.1) is 0 Å². The third-order valence-electron chi connectivity index (χ3n) is 3.79. The first-order valence-corrected chi connectivity index (χ1v) is 7.22. The summed E-state index contributed by atoms with van der Waals surface area (Å²) in [6.07, 6.45) is 2.96. The van der Waals surface area contributed by atoms with Crippen LogP contribution < -0.4 is 0 Å². The Kier molecular flexibility index (Phi) is 3.62. The molecule has 1 aliphatic heterocycles. The fourth-order valence-corrected chi connectivity index (χ4v) is 2.90. The number of hydrogen-bond donors (Lipinski definition) is 0. The molecule has 5 heteroatoms. The number of ketones is 1. The van der Waals surface area contributed by atoms with Gasteiger partial charge in [0.1, 0.15) is 12.2 Å². The molecule has 1 heterocycles. The van der Waals surface area contributed by atoms with Crippen LogP contribution in [-0.2, 0) is 19.0 Å². The van der Waals surface area contributed by atoms with Crippen LogP contribution >= 0.6 is 0 Å². The molecule has 0 bridgehead atoms. The van der Waals surface area contributed by atoms with Gasteiger partial charge >= 0.3 is 5.97 Å². The van der Waals surface area contributed by atoms with Gasteiger partial charge in [0.05, 0.1) is 5.56 Å². The predicted molar refractivity (Wildman–Crippen MR) is 78.3 cm³/mol. The van der Waals surface area contributed by atoms with E-state index in [0.717, 1.165) is 0 Å². The minimum atomic E-state index is -0.945. The van der Waals surface area contributed by atoms with Crippen LogP contribution in [0.4, 0.5) is 0 Å². The van der Waals surface area contributed by atoms with Gasteiger partial charge in [0.25, 0.3) is 0 Å². The highest BCUT2D eigenvalue weighted by atomic mass is 16.8. The quantitative estimate of drug-likeness (QED) is 0.802. The lowest BCUT2D eigenvalue weighted by molar-refractivity contribution is -0.170. The maximum atomic E-state index is 12.1. The molecule has 0 saturated carbocycles. The number of esters is 1. The molecule has 1 saturated heterocycles. The van der Waals surface area contributed by atoms with Crippen molar-refractivity contribution in [3.05, 3.63) is 48.0 Å².